The molecule has 0 bridgehead atoms. The third kappa shape index (κ3) is 4.34. The van der Waals surface area contributed by atoms with Crippen molar-refractivity contribution in [1.82, 2.24) is 24.6 Å². The molecule has 1 aliphatic rings. The number of piperidine rings is 1. The van der Waals surface area contributed by atoms with E-state index >= 15 is 0 Å². The summed E-state index contributed by atoms with van der Waals surface area (Å²) in [4.78, 5) is 19.0. The molecular weight excluding hydrogens is 356 g/mol. The van der Waals surface area contributed by atoms with Crippen molar-refractivity contribution >= 4 is 11.6 Å². The Morgan fingerprint density at radius 2 is 1.79 bits per heavy atom. The molecule has 0 atom stereocenters. The molecule has 2 aromatic heterocycles. The van der Waals surface area contributed by atoms with E-state index in [1.807, 2.05) is 24.3 Å². The first-order chi connectivity index (χ1) is 13.7. The molecule has 3 heterocycles. The smallest absolute Gasteiger partial charge is 0.257 e. The summed E-state index contributed by atoms with van der Waals surface area (Å²) >= 11 is 0. The van der Waals surface area contributed by atoms with Crippen molar-refractivity contribution in [2.45, 2.75) is 18.9 Å². The van der Waals surface area contributed by atoms with Gasteiger partial charge in [-0.2, -0.15) is 0 Å². The molecule has 1 saturated heterocycles. The molecule has 1 amide bonds. The van der Waals surface area contributed by atoms with Crippen LogP contribution in [0.15, 0.2) is 55.2 Å². The molecule has 1 N–H and O–H groups in total. The highest BCUT2D eigenvalue weighted by atomic mass is 16.5. The minimum Gasteiger partial charge on any atom is -0.490 e. The molecule has 3 aromatic rings. The number of anilines is 1. The van der Waals surface area contributed by atoms with Crippen LogP contribution in [0.4, 0.5) is 5.69 Å². The number of amides is 1. The minimum atomic E-state index is -0.216. The highest BCUT2D eigenvalue weighted by molar-refractivity contribution is 6.04. The number of carbonyl (C=O) groups is 1. The molecular formula is C20H22N6O2. The number of hydrogen-bond donors (Lipinski definition) is 1. The van der Waals surface area contributed by atoms with Crippen molar-refractivity contribution in [1.29, 1.82) is 0 Å². The van der Waals surface area contributed by atoms with Gasteiger partial charge in [0.2, 0.25) is 0 Å². The molecule has 1 aliphatic heterocycles. The topological polar surface area (TPSA) is 85.2 Å². The van der Waals surface area contributed by atoms with Gasteiger partial charge in [0.25, 0.3) is 5.91 Å². The van der Waals surface area contributed by atoms with Gasteiger partial charge in [0, 0.05) is 25.0 Å². The second-order valence-electron chi connectivity index (χ2n) is 6.87. The molecule has 28 heavy (non-hydrogen) atoms. The van der Waals surface area contributed by atoms with Crippen LogP contribution in [0.1, 0.15) is 23.2 Å². The van der Waals surface area contributed by atoms with Gasteiger partial charge < -0.3 is 15.0 Å². The summed E-state index contributed by atoms with van der Waals surface area (Å²) in [5, 5.41) is 10.4. The largest absolute Gasteiger partial charge is 0.490 e. The van der Waals surface area contributed by atoms with Gasteiger partial charge in [0.05, 0.1) is 5.56 Å². The molecule has 0 radical (unpaired) electrons. The summed E-state index contributed by atoms with van der Waals surface area (Å²) in [5.41, 5.74) is 1.19. The fourth-order valence-corrected chi connectivity index (χ4v) is 3.11. The van der Waals surface area contributed by atoms with Gasteiger partial charge in [-0.15, -0.1) is 10.2 Å². The number of nitrogens with one attached hydrogen (secondary N) is 1. The van der Waals surface area contributed by atoms with Crippen LogP contribution >= 0.6 is 0 Å². The van der Waals surface area contributed by atoms with Crippen LogP contribution in [0.5, 0.6) is 5.75 Å². The average Bonchev–Trinajstić information content (AvgIpc) is 3.26. The lowest BCUT2D eigenvalue weighted by Gasteiger charge is -2.29. The summed E-state index contributed by atoms with van der Waals surface area (Å²) in [6, 6.07) is 10.9. The van der Waals surface area contributed by atoms with E-state index in [1.165, 1.54) is 6.20 Å². The Balaban J connectivity index is 1.34. The summed E-state index contributed by atoms with van der Waals surface area (Å²) in [6.07, 6.45) is 6.96. The van der Waals surface area contributed by atoms with Gasteiger partial charge in [-0.25, -0.2) is 4.98 Å². The first-order valence-corrected chi connectivity index (χ1v) is 9.25. The normalized spacial score (nSPS) is 15.3. The molecule has 0 saturated carbocycles. The second-order valence-corrected chi connectivity index (χ2v) is 6.87. The zero-order chi connectivity index (χ0) is 19.3. The highest BCUT2D eigenvalue weighted by Crippen LogP contribution is 2.21. The number of nitrogens with zero attached hydrogens (tertiary/aromatic N) is 5. The average molecular weight is 378 g/mol. The van der Waals surface area contributed by atoms with E-state index in [0.29, 0.717) is 17.1 Å². The molecule has 4 rings (SSSR count). The van der Waals surface area contributed by atoms with E-state index in [-0.39, 0.29) is 12.0 Å². The maximum absolute atomic E-state index is 12.4. The van der Waals surface area contributed by atoms with E-state index in [2.05, 4.69) is 32.4 Å². The molecule has 1 aromatic carbocycles. The predicted octanol–water partition coefficient (Wildman–Crippen LogP) is 2.39. The van der Waals surface area contributed by atoms with Gasteiger partial charge in [-0.3, -0.25) is 9.36 Å². The van der Waals surface area contributed by atoms with Gasteiger partial charge in [0.1, 0.15) is 30.3 Å². The molecule has 8 nitrogen and oxygen atoms in total. The van der Waals surface area contributed by atoms with Crippen molar-refractivity contribution in [3.8, 4) is 11.6 Å². The maximum atomic E-state index is 12.4. The first-order valence-electron chi connectivity index (χ1n) is 9.25. The lowest BCUT2D eigenvalue weighted by Crippen LogP contribution is -2.35. The number of pyridine rings is 1. The summed E-state index contributed by atoms with van der Waals surface area (Å²) < 4.78 is 7.71. The number of benzene rings is 1. The Kier molecular flexibility index (Phi) is 5.29. The Morgan fingerprint density at radius 3 is 2.43 bits per heavy atom. The molecule has 144 valence electrons. The Bertz CT molecular complexity index is 901. The van der Waals surface area contributed by atoms with Crippen molar-refractivity contribution < 1.29 is 9.53 Å². The van der Waals surface area contributed by atoms with Crippen LogP contribution in [0.2, 0.25) is 0 Å². The zero-order valence-electron chi connectivity index (χ0n) is 15.7. The molecule has 0 aliphatic carbocycles. The van der Waals surface area contributed by atoms with E-state index in [1.54, 1.807) is 29.4 Å². The van der Waals surface area contributed by atoms with Crippen LogP contribution < -0.4 is 10.1 Å². The summed E-state index contributed by atoms with van der Waals surface area (Å²) in [6.45, 7) is 2.12. The van der Waals surface area contributed by atoms with Crippen molar-refractivity contribution in [2.24, 2.45) is 0 Å². The first kappa shape index (κ1) is 18.1. The Labute approximate surface area is 163 Å². The third-order valence-electron chi connectivity index (χ3n) is 4.77. The lowest BCUT2D eigenvalue weighted by atomic mass is 10.1. The number of rotatable bonds is 5. The molecule has 0 spiro atoms. The standard InChI is InChI=1S/C20H22N6O2/c1-25-10-8-18(9-11-25)28-17-5-3-16(4-6-17)24-20(27)15-2-7-19(21-12-15)26-13-22-23-14-26/h2-7,12-14,18H,8-11H2,1H3,(H,24,27). The van der Waals surface area contributed by atoms with Crippen LogP contribution in [0.3, 0.4) is 0 Å². The Morgan fingerprint density at radius 1 is 1.07 bits per heavy atom. The van der Waals surface area contributed by atoms with Crippen LogP contribution in [0.25, 0.3) is 5.82 Å². The van der Waals surface area contributed by atoms with Crippen LogP contribution in [-0.2, 0) is 0 Å². The highest BCUT2D eigenvalue weighted by Gasteiger charge is 2.18. The fraction of sp³-hybridized carbons (Fsp3) is 0.300. The van der Waals surface area contributed by atoms with Gasteiger partial charge in [-0.1, -0.05) is 0 Å². The van der Waals surface area contributed by atoms with Crippen LogP contribution in [0, 0.1) is 0 Å². The van der Waals surface area contributed by atoms with Gasteiger partial charge >= 0.3 is 0 Å². The quantitative estimate of drug-likeness (QED) is 0.734. The second kappa shape index (κ2) is 8.18. The zero-order valence-corrected chi connectivity index (χ0v) is 15.7. The van der Waals surface area contributed by atoms with E-state index in [4.69, 9.17) is 4.74 Å². The third-order valence-corrected chi connectivity index (χ3v) is 4.77. The maximum Gasteiger partial charge on any atom is 0.257 e. The predicted molar refractivity (Wildman–Crippen MR) is 105 cm³/mol. The van der Waals surface area contributed by atoms with Crippen molar-refractivity contribution in [2.75, 3.05) is 25.5 Å². The number of likely N-dealkylation sites (tertiary alicyclic amines) is 1. The lowest BCUT2D eigenvalue weighted by molar-refractivity contribution is 0.102. The minimum absolute atomic E-state index is 0.216. The number of hydrogen-bond acceptors (Lipinski definition) is 6. The number of ether oxygens (including phenoxy) is 1. The summed E-state index contributed by atoms with van der Waals surface area (Å²) in [7, 11) is 2.13. The number of carbonyl (C=O) groups excluding carboxylic acids is 1. The van der Waals surface area contributed by atoms with Crippen molar-refractivity contribution in [3.63, 3.8) is 0 Å². The summed E-state index contributed by atoms with van der Waals surface area (Å²) in [5.74, 6) is 1.26. The molecule has 8 heteroatoms. The number of aromatic nitrogens is 4. The van der Waals surface area contributed by atoms with Gasteiger partial charge in [-0.05, 0) is 56.3 Å². The van der Waals surface area contributed by atoms with Crippen LogP contribution in [-0.4, -0.2) is 56.8 Å². The Hall–Kier alpha value is -3.26. The molecule has 0 unspecified atom stereocenters. The monoisotopic (exact) mass is 378 g/mol. The van der Waals surface area contributed by atoms with E-state index in [0.717, 1.165) is 31.7 Å². The van der Waals surface area contributed by atoms with Gasteiger partial charge in [0.15, 0.2) is 0 Å². The van der Waals surface area contributed by atoms with Crippen molar-refractivity contribution in [3.05, 3.63) is 60.8 Å². The van der Waals surface area contributed by atoms with E-state index in [9.17, 15) is 4.79 Å². The SMILES string of the molecule is CN1CCC(Oc2ccc(NC(=O)c3ccc(-n4cnnc4)nc3)cc2)CC1. The fourth-order valence-electron chi connectivity index (χ4n) is 3.11. The van der Waals surface area contributed by atoms with E-state index < -0.39 is 0 Å². The molecule has 1 fully saturated rings.